The van der Waals surface area contributed by atoms with Crippen LogP contribution in [0.2, 0.25) is 0 Å². The van der Waals surface area contributed by atoms with Crippen LogP contribution in [0.1, 0.15) is 48.6 Å². The normalized spacial score (nSPS) is 16.3. The molecule has 20 heteroatoms. The number of alkyl halides is 5. The summed E-state index contributed by atoms with van der Waals surface area (Å²) in [5.41, 5.74) is 0.0555. The molecular formula is C30H37F5N10O5. The Morgan fingerprint density at radius 2 is 1.72 bits per heavy atom. The molecule has 3 aromatic rings. The van der Waals surface area contributed by atoms with Gasteiger partial charge in [-0.15, -0.1) is 5.10 Å². The Bertz CT molecular complexity index is 1830. The van der Waals surface area contributed by atoms with E-state index < -0.39 is 48.9 Å². The van der Waals surface area contributed by atoms with Crippen molar-refractivity contribution in [3.8, 4) is 5.75 Å². The molecule has 2 aliphatic heterocycles. The summed E-state index contributed by atoms with van der Waals surface area (Å²) in [6.07, 6.45) is -5.38. The molecule has 0 radical (unpaired) electrons. The van der Waals surface area contributed by atoms with Gasteiger partial charge in [0.05, 0.1) is 24.6 Å². The number of aromatic hydroxyl groups is 1. The highest BCUT2D eigenvalue weighted by molar-refractivity contribution is 5.95. The van der Waals surface area contributed by atoms with Crippen LogP contribution >= 0.6 is 0 Å². The lowest BCUT2D eigenvalue weighted by molar-refractivity contribution is -0.284. The zero-order valence-corrected chi connectivity index (χ0v) is 27.6. The van der Waals surface area contributed by atoms with Gasteiger partial charge in [0.1, 0.15) is 18.6 Å². The summed E-state index contributed by atoms with van der Waals surface area (Å²) in [5.74, 6) is -6.27. The van der Waals surface area contributed by atoms with Crippen LogP contribution in [0.5, 0.6) is 5.75 Å². The van der Waals surface area contributed by atoms with Crippen LogP contribution < -0.4 is 20.7 Å². The molecule has 5 heterocycles. The number of ether oxygens (including phenoxy) is 1. The van der Waals surface area contributed by atoms with Crippen molar-refractivity contribution < 1.29 is 41.4 Å². The number of carbonyl (C=O) groups is 2. The van der Waals surface area contributed by atoms with Gasteiger partial charge in [-0.2, -0.15) is 31.5 Å². The molecule has 0 aromatic carbocycles. The first-order valence-corrected chi connectivity index (χ1v) is 16.0. The third-order valence-electron chi connectivity index (χ3n) is 8.61. The van der Waals surface area contributed by atoms with Crippen LogP contribution in [0.25, 0.3) is 5.78 Å². The van der Waals surface area contributed by atoms with Crippen molar-refractivity contribution in [1.29, 1.82) is 0 Å². The van der Waals surface area contributed by atoms with Crippen molar-refractivity contribution in [1.82, 2.24) is 39.3 Å². The fourth-order valence-electron chi connectivity index (χ4n) is 5.80. The average Bonchev–Trinajstić information content (AvgIpc) is 3.55. The van der Waals surface area contributed by atoms with Crippen LogP contribution in [-0.2, 0) is 22.5 Å². The van der Waals surface area contributed by atoms with Crippen molar-refractivity contribution in [2.75, 3.05) is 62.3 Å². The van der Waals surface area contributed by atoms with Gasteiger partial charge < -0.3 is 34.4 Å². The first-order valence-electron chi connectivity index (χ1n) is 16.0. The number of hydrogen-bond donors (Lipinski definition) is 2. The average molecular weight is 713 g/mol. The maximum absolute atomic E-state index is 14.1. The molecule has 0 bridgehead atoms. The van der Waals surface area contributed by atoms with Gasteiger partial charge in [-0.1, -0.05) is 13.0 Å². The number of nitrogens with one attached hydrogen (secondary N) is 1. The summed E-state index contributed by atoms with van der Waals surface area (Å²) in [5, 5.41) is 17.2. The summed E-state index contributed by atoms with van der Waals surface area (Å²) in [7, 11) is 0. The van der Waals surface area contributed by atoms with Crippen molar-refractivity contribution in [2.24, 2.45) is 0 Å². The highest BCUT2D eigenvalue weighted by atomic mass is 19.4. The van der Waals surface area contributed by atoms with E-state index in [9.17, 15) is 41.4 Å². The van der Waals surface area contributed by atoms with Gasteiger partial charge >= 0.3 is 12.1 Å². The Hall–Kier alpha value is -4.88. The number of aromatic nitrogens is 6. The molecule has 2 aliphatic rings. The van der Waals surface area contributed by atoms with Crippen LogP contribution in [-0.4, -0.2) is 116 Å². The molecular weight excluding hydrogens is 675 g/mol. The van der Waals surface area contributed by atoms with Crippen molar-refractivity contribution in [2.45, 2.75) is 58.7 Å². The number of halogens is 5. The van der Waals surface area contributed by atoms with Gasteiger partial charge in [0, 0.05) is 51.4 Å². The van der Waals surface area contributed by atoms with Crippen LogP contribution in [0.4, 0.5) is 33.6 Å². The van der Waals surface area contributed by atoms with E-state index in [1.807, 2.05) is 4.90 Å². The molecule has 0 aliphatic carbocycles. The molecule has 0 atom stereocenters. The van der Waals surface area contributed by atoms with Gasteiger partial charge in [0.2, 0.25) is 17.6 Å². The number of carbonyl (C=O) groups excluding carboxylic acids is 2. The van der Waals surface area contributed by atoms with E-state index in [2.05, 4.69) is 25.4 Å². The summed E-state index contributed by atoms with van der Waals surface area (Å²) in [6, 6.07) is 0. The Morgan fingerprint density at radius 3 is 2.34 bits per heavy atom. The Morgan fingerprint density at radius 1 is 1.04 bits per heavy atom. The van der Waals surface area contributed by atoms with Crippen LogP contribution in [0.3, 0.4) is 0 Å². The minimum atomic E-state index is -5.73. The second kappa shape index (κ2) is 14.5. The van der Waals surface area contributed by atoms with Gasteiger partial charge in [0.25, 0.3) is 11.5 Å². The highest BCUT2D eigenvalue weighted by Gasteiger charge is 2.56. The first kappa shape index (κ1) is 36.4. The summed E-state index contributed by atoms with van der Waals surface area (Å²) < 4.78 is 73.4. The summed E-state index contributed by atoms with van der Waals surface area (Å²) in [6.45, 7) is 6.64. The number of aryl methyl sites for hydroxylation is 1. The molecule has 2 fully saturated rings. The lowest BCUT2D eigenvalue weighted by Crippen LogP contribution is -2.51. The molecule has 0 spiro atoms. The molecule has 2 amide bonds. The predicted octanol–water partition coefficient (Wildman–Crippen LogP) is 2.05. The van der Waals surface area contributed by atoms with E-state index in [4.69, 9.17) is 4.74 Å². The van der Waals surface area contributed by atoms with E-state index >= 15 is 0 Å². The van der Waals surface area contributed by atoms with Gasteiger partial charge in [0.15, 0.2) is 11.4 Å². The SMILES string of the molecule is C/C=C(\CCC(F)(F)C(F)(F)F)NC(=O)Cn1c(CC)c(N2CCN(C(=O)c3ncnc(C)c3O)CC2)c(=O)n2nc(N3CCOCC3)nc12. The fourth-order valence-corrected chi connectivity index (χ4v) is 5.80. The van der Waals surface area contributed by atoms with E-state index in [-0.39, 0.29) is 72.8 Å². The molecule has 5 rings (SSSR count). The second-order valence-electron chi connectivity index (χ2n) is 11.8. The largest absolute Gasteiger partial charge is 0.504 e. The number of amides is 2. The monoisotopic (exact) mass is 712 g/mol. The number of nitrogens with zero attached hydrogens (tertiary/aromatic N) is 9. The number of allylic oxidation sites excluding steroid dienone is 2. The van der Waals surface area contributed by atoms with Crippen molar-refractivity contribution in [3.63, 3.8) is 0 Å². The van der Waals surface area contributed by atoms with Crippen LogP contribution in [0.15, 0.2) is 22.9 Å². The lowest BCUT2D eigenvalue weighted by atomic mass is 10.1. The Balaban J connectivity index is 1.45. The molecule has 2 N–H and O–H groups in total. The number of anilines is 2. The molecule has 3 aromatic heterocycles. The highest BCUT2D eigenvalue weighted by Crippen LogP contribution is 2.39. The predicted molar refractivity (Wildman–Crippen MR) is 168 cm³/mol. The maximum atomic E-state index is 14.1. The molecule has 0 saturated carbocycles. The third kappa shape index (κ3) is 7.34. The summed E-state index contributed by atoms with van der Waals surface area (Å²) >= 11 is 0. The zero-order valence-electron chi connectivity index (χ0n) is 27.6. The van der Waals surface area contributed by atoms with Crippen molar-refractivity contribution >= 4 is 29.2 Å². The van der Waals surface area contributed by atoms with Gasteiger partial charge in [-0.05, 0) is 26.7 Å². The maximum Gasteiger partial charge on any atom is 0.453 e. The van der Waals surface area contributed by atoms with E-state index in [1.54, 1.807) is 18.7 Å². The molecule has 15 nitrogen and oxygen atoms in total. The standard InChI is InChI=1S/C30H37F5N10O5/c1-4-19(6-7-29(31,32)30(33,34)35)38-21(46)16-44-20(5-2)23(26(49)45-28(44)39-27(40-45)43-12-14-50-15-13-43)41-8-10-42(11-9-41)25(48)22-24(47)18(3)36-17-37-22/h4,17,47H,5-16H2,1-3H3,(H,38,46)/b19-4+. The second-order valence-corrected chi connectivity index (χ2v) is 11.8. The number of piperazine rings is 1. The quantitative estimate of drug-likeness (QED) is 0.296. The Kier molecular flexibility index (Phi) is 10.6. The van der Waals surface area contributed by atoms with E-state index in [1.165, 1.54) is 28.8 Å². The van der Waals surface area contributed by atoms with Gasteiger partial charge in [-0.3, -0.25) is 14.4 Å². The smallest absolute Gasteiger partial charge is 0.453 e. The van der Waals surface area contributed by atoms with E-state index in [0.29, 0.717) is 32.0 Å². The fraction of sp³-hybridized carbons (Fsp3) is 0.567. The lowest BCUT2D eigenvalue weighted by Gasteiger charge is -2.36. The summed E-state index contributed by atoms with van der Waals surface area (Å²) in [4.78, 5) is 58.1. The molecule has 50 heavy (non-hydrogen) atoms. The molecule has 2 saturated heterocycles. The third-order valence-corrected chi connectivity index (χ3v) is 8.61. The first-order chi connectivity index (χ1) is 23.7. The number of rotatable bonds is 10. The number of morpholine rings is 1. The van der Waals surface area contributed by atoms with Crippen molar-refractivity contribution in [3.05, 3.63) is 45.5 Å². The Labute approximate surface area is 282 Å². The number of fused-ring (bicyclic) bond motifs is 1. The topological polar surface area (TPSA) is 163 Å². The minimum Gasteiger partial charge on any atom is -0.504 e. The molecule has 272 valence electrons. The number of hydrogen-bond acceptors (Lipinski definition) is 11. The van der Waals surface area contributed by atoms with E-state index in [0.717, 1.165) is 4.52 Å². The van der Waals surface area contributed by atoms with Crippen LogP contribution in [0, 0.1) is 6.92 Å². The molecule has 0 unspecified atom stereocenters. The minimum absolute atomic E-state index is 0.0290. The van der Waals surface area contributed by atoms with Gasteiger partial charge in [-0.25, -0.2) is 9.97 Å². The zero-order chi connectivity index (χ0) is 36.4.